The number of likely N-dealkylation sites (tertiary alicyclic amines) is 1. The van der Waals surface area contributed by atoms with Crippen LogP contribution in [0.3, 0.4) is 0 Å². The van der Waals surface area contributed by atoms with E-state index in [0.717, 1.165) is 4.90 Å². The van der Waals surface area contributed by atoms with Crippen molar-refractivity contribution in [2.75, 3.05) is 13.1 Å². The molecule has 0 saturated carbocycles. The van der Waals surface area contributed by atoms with Crippen molar-refractivity contribution >= 4 is 12.0 Å². The molecule has 5 nitrogen and oxygen atoms in total. The van der Waals surface area contributed by atoms with E-state index in [1.54, 1.807) is 6.07 Å². The fourth-order valence-corrected chi connectivity index (χ4v) is 3.55. The van der Waals surface area contributed by atoms with Crippen LogP contribution in [0, 0.1) is 17.7 Å². The van der Waals surface area contributed by atoms with E-state index in [1.165, 1.54) is 12.1 Å². The largest absolute Gasteiger partial charge is 0.481 e. The summed E-state index contributed by atoms with van der Waals surface area (Å²) in [6, 6.07) is 3.23. The molecular formula is C16H16F4N2O3. The molecule has 1 fully saturated rings. The third-order valence-electron chi connectivity index (χ3n) is 4.86. The molecule has 0 aromatic heterocycles. The number of hydrogen-bond acceptors (Lipinski definition) is 2. The normalized spacial score (nSPS) is 25.8. The molecule has 2 aliphatic rings. The molecule has 1 aromatic carbocycles. The second-order valence-electron chi connectivity index (χ2n) is 6.35. The van der Waals surface area contributed by atoms with E-state index in [4.69, 9.17) is 5.11 Å². The lowest BCUT2D eigenvalue weighted by Gasteiger charge is -2.21. The molecule has 3 atom stereocenters. The number of hydrogen-bond donors (Lipinski definition) is 2. The first-order valence-electron chi connectivity index (χ1n) is 7.80. The van der Waals surface area contributed by atoms with Crippen molar-refractivity contribution < 1.29 is 32.3 Å². The number of carboxylic acid groups (broad SMARTS) is 1. The standard InChI is InChI=1S/C16H16F4N2O3/c17-12-3-1-2-9-8(12)4-5-13(9)21-15(25)22-6-10(14(23)24)11(7-22)16(18,19)20/h1-3,10-11,13H,4-7H2,(H,21,25)(H,23,24)/t10-,11-,13?/m1/s1. The van der Waals surface area contributed by atoms with Crippen molar-refractivity contribution in [1.29, 1.82) is 0 Å². The van der Waals surface area contributed by atoms with Gasteiger partial charge in [0.05, 0.1) is 17.9 Å². The van der Waals surface area contributed by atoms with Crippen LogP contribution < -0.4 is 5.32 Å². The van der Waals surface area contributed by atoms with Crippen LogP contribution in [0.1, 0.15) is 23.6 Å². The highest BCUT2D eigenvalue weighted by atomic mass is 19.4. The number of carboxylic acids is 1. The number of carbonyl (C=O) groups is 2. The summed E-state index contributed by atoms with van der Waals surface area (Å²) in [6.45, 7) is -1.21. The van der Waals surface area contributed by atoms with Crippen LogP contribution in [-0.4, -0.2) is 41.3 Å². The van der Waals surface area contributed by atoms with E-state index in [-0.39, 0.29) is 5.82 Å². The van der Waals surface area contributed by atoms with Gasteiger partial charge < -0.3 is 15.3 Å². The topological polar surface area (TPSA) is 69.6 Å². The van der Waals surface area contributed by atoms with E-state index in [1.807, 2.05) is 0 Å². The predicted octanol–water partition coefficient (Wildman–Crippen LogP) is 2.72. The van der Waals surface area contributed by atoms with Gasteiger partial charge in [-0.05, 0) is 30.0 Å². The van der Waals surface area contributed by atoms with Gasteiger partial charge in [-0.25, -0.2) is 9.18 Å². The number of halogens is 4. The molecule has 1 saturated heterocycles. The Bertz CT molecular complexity index is 707. The van der Waals surface area contributed by atoms with Gasteiger partial charge in [0.2, 0.25) is 0 Å². The summed E-state index contributed by atoms with van der Waals surface area (Å²) in [4.78, 5) is 24.2. The first-order valence-corrected chi connectivity index (χ1v) is 7.80. The Morgan fingerprint density at radius 1 is 1.24 bits per heavy atom. The van der Waals surface area contributed by atoms with Crippen molar-refractivity contribution in [1.82, 2.24) is 10.2 Å². The Kier molecular flexibility index (Phi) is 4.34. The molecule has 0 spiro atoms. The van der Waals surface area contributed by atoms with Crippen LogP contribution in [0.2, 0.25) is 0 Å². The van der Waals surface area contributed by atoms with Gasteiger partial charge in [0.25, 0.3) is 0 Å². The second-order valence-corrected chi connectivity index (χ2v) is 6.35. The quantitative estimate of drug-likeness (QED) is 0.797. The maximum Gasteiger partial charge on any atom is 0.394 e. The molecule has 1 aliphatic carbocycles. The average Bonchev–Trinajstić information content (AvgIpc) is 3.12. The molecule has 2 N–H and O–H groups in total. The van der Waals surface area contributed by atoms with Gasteiger partial charge in [-0.2, -0.15) is 13.2 Å². The fraction of sp³-hybridized carbons (Fsp3) is 0.500. The molecule has 1 unspecified atom stereocenters. The van der Waals surface area contributed by atoms with E-state index in [9.17, 15) is 27.2 Å². The summed E-state index contributed by atoms with van der Waals surface area (Å²) in [5.41, 5.74) is 1.10. The number of amides is 2. The second kappa shape index (κ2) is 6.20. The highest BCUT2D eigenvalue weighted by Crippen LogP contribution is 2.38. The van der Waals surface area contributed by atoms with Crippen LogP contribution >= 0.6 is 0 Å². The van der Waals surface area contributed by atoms with Crippen molar-refractivity contribution in [3.63, 3.8) is 0 Å². The molecule has 9 heteroatoms. The molecule has 0 radical (unpaired) electrons. The minimum absolute atomic E-state index is 0.376. The fourth-order valence-electron chi connectivity index (χ4n) is 3.55. The SMILES string of the molecule is O=C(O)[C@@H]1CN(C(=O)NC2CCc3c(F)cccc32)C[C@H]1C(F)(F)F. The van der Waals surface area contributed by atoms with Gasteiger partial charge in [-0.3, -0.25) is 4.79 Å². The van der Waals surface area contributed by atoms with E-state index < -0.39 is 49.1 Å². The zero-order chi connectivity index (χ0) is 18.4. The predicted molar refractivity (Wildman–Crippen MR) is 78.2 cm³/mol. The Morgan fingerprint density at radius 3 is 2.56 bits per heavy atom. The number of urea groups is 1. The van der Waals surface area contributed by atoms with Gasteiger partial charge in [0.15, 0.2) is 0 Å². The maximum absolute atomic E-state index is 13.7. The minimum atomic E-state index is -4.69. The van der Waals surface area contributed by atoms with Gasteiger partial charge in [-0.15, -0.1) is 0 Å². The van der Waals surface area contributed by atoms with E-state index in [2.05, 4.69) is 5.32 Å². The van der Waals surface area contributed by atoms with Crippen molar-refractivity contribution in [2.24, 2.45) is 11.8 Å². The van der Waals surface area contributed by atoms with Crippen molar-refractivity contribution in [3.8, 4) is 0 Å². The number of carbonyl (C=O) groups excluding carboxylic acids is 1. The number of nitrogens with one attached hydrogen (secondary N) is 1. The number of alkyl halides is 3. The highest BCUT2D eigenvalue weighted by Gasteiger charge is 2.53. The molecule has 25 heavy (non-hydrogen) atoms. The number of benzene rings is 1. The van der Waals surface area contributed by atoms with E-state index in [0.29, 0.717) is 24.0 Å². The summed E-state index contributed by atoms with van der Waals surface area (Å²) < 4.78 is 52.7. The Morgan fingerprint density at radius 2 is 1.96 bits per heavy atom. The van der Waals surface area contributed by atoms with Gasteiger partial charge >= 0.3 is 18.2 Å². The van der Waals surface area contributed by atoms with E-state index >= 15 is 0 Å². The van der Waals surface area contributed by atoms with Crippen LogP contribution in [0.5, 0.6) is 0 Å². The molecule has 3 rings (SSSR count). The van der Waals surface area contributed by atoms with Crippen LogP contribution in [-0.2, 0) is 11.2 Å². The summed E-state index contributed by atoms with van der Waals surface area (Å²) in [5.74, 6) is -5.73. The van der Waals surface area contributed by atoms with Crippen molar-refractivity contribution in [2.45, 2.75) is 25.1 Å². The first kappa shape index (κ1) is 17.5. The average molecular weight is 360 g/mol. The monoisotopic (exact) mass is 360 g/mol. The van der Waals surface area contributed by atoms with Crippen LogP contribution in [0.25, 0.3) is 0 Å². The zero-order valence-corrected chi connectivity index (χ0v) is 13.0. The lowest BCUT2D eigenvalue weighted by Crippen LogP contribution is -2.40. The molecule has 0 bridgehead atoms. The third kappa shape index (κ3) is 3.27. The van der Waals surface area contributed by atoms with Crippen molar-refractivity contribution in [3.05, 3.63) is 35.1 Å². The molecule has 136 valence electrons. The molecule has 1 aliphatic heterocycles. The van der Waals surface area contributed by atoms with Gasteiger partial charge in [-0.1, -0.05) is 12.1 Å². The lowest BCUT2D eigenvalue weighted by molar-refractivity contribution is -0.187. The molecule has 2 amide bonds. The Hall–Kier alpha value is -2.32. The Labute approximate surface area is 140 Å². The number of nitrogens with zero attached hydrogens (tertiary/aromatic N) is 1. The summed E-state index contributed by atoms with van der Waals surface area (Å²) >= 11 is 0. The number of aliphatic carboxylic acids is 1. The minimum Gasteiger partial charge on any atom is -0.481 e. The summed E-state index contributed by atoms with van der Waals surface area (Å²) in [6.07, 6.45) is -3.82. The molecule has 1 heterocycles. The third-order valence-corrected chi connectivity index (χ3v) is 4.86. The lowest BCUT2D eigenvalue weighted by atomic mass is 9.96. The van der Waals surface area contributed by atoms with Crippen LogP contribution in [0.4, 0.5) is 22.4 Å². The Balaban J connectivity index is 1.71. The van der Waals surface area contributed by atoms with Gasteiger partial charge in [0.1, 0.15) is 5.82 Å². The summed E-state index contributed by atoms with van der Waals surface area (Å²) in [5, 5.41) is 11.6. The van der Waals surface area contributed by atoms with Crippen LogP contribution in [0.15, 0.2) is 18.2 Å². The number of fused-ring (bicyclic) bond motifs is 1. The zero-order valence-electron chi connectivity index (χ0n) is 13.0. The smallest absolute Gasteiger partial charge is 0.394 e. The summed E-state index contributed by atoms with van der Waals surface area (Å²) in [7, 11) is 0. The number of rotatable bonds is 2. The molecule has 1 aromatic rings. The highest BCUT2D eigenvalue weighted by molar-refractivity contribution is 5.78. The maximum atomic E-state index is 13.7. The van der Waals surface area contributed by atoms with Gasteiger partial charge in [0, 0.05) is 13.1 Å². The molecular weight excluding hydrogens is 344 g/mol. The first-order chi connectivity index (χ1) is 11.7.